The van der Waals surface area contributed by atoms with Crippen molar-refractivity contribution < 1.29 is 9.53 Å². The molecule has 0 aliphatic carbocycles. The molecular weight excluding hydrogens is 252 g/mol. The Balaban J connectivity index is 2.72. The van der Waals surface area contributed by atoms with Gasteiger partial charge in [0.1, 0.15) is 0 Å². The number of ether oxygens (including phenoxy) is 1. The Hall–Kier alpha value is -1.39. The third-order valence-corrected chi connectivity index (χ3v) is 3.23. The molecule has 0 fully saturated rings. The van der Waals surface area contributed by atoms with Crippen molar-refractivity contribution in [2.45, 2.75) is 38.6 Å². The van der Waals surface area contributed by atoms with Crippen LogP contribution in [0.4, 0.5) is 0 Å². The highest BCUT2D eigenvalue weighted by Gasteiger charge is 2.16. The Bertz CT molecular complexity index is 415. The molecule has 20 heavy (non-hydrogen) atoms. The van der Waals surface area contributed by atoms with E-state index >= 15 is 0 Å². The third-order valence-electron chi connectivity index (χ3n) is 3.23. The number of nitrogens with one attached hydrogen (secondary N) is 1. The van der Waals surface area contributed by atoms with E-state index in [1.165, 1.54) is 5.56 Å². The molecule has 1 amide bonds. The van der Waals surface area contributed by atoms with Gasteiger partial charge in [-0.3, -0.25) is 4.79 Å². The molecule has 1 unspecified atom stereocenters. The summed E-state index contributed by atoms with van der Waals surface area (Å²) in [7, 11) is 1.62. The number of carbonyl (C=O) groups excluding carboxylic acids is 1. The summed E-state index contributed by atoms with van der Waals surface area (Å²) in [6.45, 7) is 7.45. The first-order valence-electron chi connectivity index (χ1n) is 6.99. The molecule has 1 rings (SSSR count). The average molecular weight is 278 g/mol. The number of nitrogens with two attached hydrogens (primary N) is 1. The van der Waals surface area contributed by atoms with Gasteiger partial charge in [-0.05, 0) is 36.1 Å². The molecule has 0 radical (unpaired) electrons. The van der Waals surface area contributed by atoms with E-state index in [2.05, 4.69) is 26.1 Å². The minimum Gasteiger partial charge on any atom is -0.383 e. The summed E-state index contributed by atoms with van der Waals surface area (Å²) in [4.78, 5) is 12.2. The van der Waals surface area contributed by atoms with Crippen LogP contribution in [-0.4, -0.2) is 32.2 Å². The Kier molecular flexibility index (Phi) is 6.17. The summed E-state index contributed by atoms with van der Waals surface area (Å²) in [6, 6.07) is 7.69. The highest BCUT2D eigenvalue weighted by atomic mass is 16.5. The molecule has 0 saturated carbocycles. The molecule has 4 heteroatoms. The molecule has 112 valence electrons. The largest absolute Gasteiger partial charge is 0.383 e. The van der Waals surface area contributed by atoms with Crippen molar-refractivity contribution in [3.05, 3.63) is 35.4 Å². The summed E-state index contributed by atoms with van der Waals surface area (Å²) < 4.78 is 5.09. The van der Waals surface area contributed by atoms with Crippen LogP contribution >= 0.6 is 0 Å². The molecule has 3 N–H and O–H groups in total. The van der Waals surface area contributed by atoms with Crippen LogP contribution < -0.4 is 11.1 Å². The van der Waals surface area contributed by atoms with Crippen LogP contribution in [0.3, 0.4) is 0 Å². The molecule has 1 aromatic rings. The Morgan fingerprint density at radius 2 is 1.90 bits per heavy atom. The molecule has 1 aromatic carbocycles. The van der Waals surface area contributed by atoms with Gasteiger partial charge in [0.15, 0.2) is 0 Å². The van der Waals surface area contributed by atoms with E-state index in [1.807, 2.05) is 24.3 Å². The molecule has 0 bridgehead atoms. The van der Waals surface area contributed by atoms with E-state index < -0.39 is 0 Å². The Labute approximate surface area is 121 Å². The van der Waals surface area contributed by atoms with E-state index in [0.717, 1.165) is 0 Å². The van der Waals surface area contributed by atoms with Crippen molar-refractivity contribution in [3.8, 4) is 0 Å². The van der Waals surface area contributed by atoms with E-state index in [9.17, 15) is 4.79 Å². The fourth-order valence-electron chi connectivity index (χ4n) is 1.99. The molecule has 4 nitrogen and oxygen atoms in total. The van der Waals surface area contributed by atoms with Gasteiger partial charge in [-0.1, -0.05) is 32.9 Å². The lowest BCUT2D eigenvalue weighted by Crippen LogP contribution is -2.39. The van der Waals surface area contributed by atoms with Gasteiger partial charge in [-0.2, -0.15) is 0 Å². The van der Waals surface area contributed by atoms with Crippen LogP contribution in [-0.2, 0) is 10.2 Å². The van der Waals surface area contributed by atoms with Crippen LogP contribution in [0.5, 0.6) is 0 Å². The third kappa shape index (κ3) is 4.94. The second kappa shape index (κ2) is 7.41. The van der Waals surface area contributed by atoms with Gasteiger partial charge in [-0.25, -0.2) is 0 Å². The molecule has 0 aromatic heterocycles. The van der Waals surface area contributed by atoms with Crippen molar-refractivity contribution in [1.29, 1.82) is 0 Å². The van der Waals surface area contributed by atoms with Gasteiger partial charge in [0, 0.05) is 12.7 Å². The van der Waals surface area contributed by atoms with Crippen LogP contribution in [0.25, 0.3) is 0 Å². The summed E-state index contributed by atoms with van der Waals surface area (Å²) in [6.07, 6.45) is 0.708. The quantitative estimate of drug-likeness (QED) is 0.837. The van der Waals surface area contributed by atoms with Gasteiger partial charge in [0.25, 0.3) is 5.91 Å². The number of rotatable bonds is 6. The number of hydrogen-bond donors (Lipinski definition) is 2. The summed E-state index contributed by atoms with van der Waals surface area (Å²) in [5.74, 6) is -0.0824. The van der Waals surface area contributed by atoms with E-state index in [1.54, 1.807) is 7.11 Å². The van der Waals surface area contributed by atoms with E-state index in [-0.39, 0.29) is 17.4 Å². The maximum atomic E-state index is 12.2. The highest BCUT2D eigenvalue weighted by Crippen LogP contribution is 2.22. The lowest BCUT2D eigenvalue weighted by Gasteiger charge is -2.20. The van der Waals surface area contributed by atoms with Crippen LogP contribution in [0.1, 0.15) is 43.1 Å². The second-order valence-corrected chi connectivity index (χ2v) is 6.03. The first-order chi connectivity index (χ1) is 9.38. The zero-order chi connectivity index (χ0) is 15.2. The van der Waals surface area contributed by atoms with E-state index in [0.29, 0.717) is 25.1 Å². The molecule has 0 spiro atoms. The molecule has 1 atom stereocenters. The smallest absolute Gasteiger partial charge is 0.251 e. The predicted molar refractivity (Wildman–Crippen MR) is 81.9 cm³/mol. The minimum atomic E-state index is -0.0824. The molecule has 0 aliphatic heterocycles. The average Bonchev–Trinajstić information content (AvgIpc) is 2.38. The molecule has 0 heterocycles. The van der Waals surface area contributed by atoms with Crippen molar-refractivity contribution in [1.82, 2.24) is 5.32 Å². The second-order valence-electron chi connectivity index (χ2n) is 6.03. The number of carbonyl (C=O) groups is 1. The Morgan fingerprint density at radius 1 is 1.30 bits per heavy atom. The fraction of sp³-hybridized carbons (Fsp3) is 0.562. The Morgan fingerprint density at radius 3 is 2.35 bits per heavy atom. The normalized spacial score (nSPS) is 13.1. The van der Waals surface area contributed by atoms with Crippen molar-refractivity contribution >= 4 is 5.91 Å². The van der Waals surface area contributed by atoms with Gasteiger partial charge >= 0.3 is 0 Å². The monoisotopic (exact) mass is 278 g/mol. The van der Waals surface area contributed by atoms with Crippen LogP contribution in [0.15, 0.2) is 24.3 Å². The fourth-order valence-corrected chi connectivity index (χ4v) is 1.99. The summed E-state index contributed by atoms with van der Waals surface area (Å²) in [5, 5.41) is 2.95. The van der Waals surface area contributed by atoms with Gasteiger partial charge < -0.3 is 15.8 Å². The van der Waals surface area contributed by atoms with Crippen molar-refractivity contribution in [2.75, 3.05) is 20.3 Å². The first kappa shape index (κ1) is 16.7. The standard InChI is InChI=1S/C16H26N2O2/c1-16(2,3)13-7-5-12(6-8-13)15(19)18-14(9-10-17)11-20-4/h5-8,14H,9-11,17H2,1-4H3,(H,18,19). The topological polar surface area (TPSA) is 64.3 Å². The van der Waals surface area contributed by atoms with Gasteiger partial charge in [0.2, 0.25) is 0 Å². The minimum absolute atomic E-state index is 0.0419. The maximum absolute atomic E-state index is 12.2. The highest BCUT2D eigenvalue weighted by molar-refractivity contribution is 5.94. The van der Waals surface area contributed by atoms with Crippen molar-refractivity contribution in [2.24, 2.45) is 5.73 Å². The van der Waals surface area contributed by atoms with Gasteiger partial charge in [0.05, 0.1) is 12.6 Å². The lowest BCUT2D eigenvalue weighted by atomic mass is 9.86. The number of benzene rings is 1. The SMILES string of the molecule is COCC(CCN)NC(=O)c1ccc(C(C)(C)C)cc1. The van der Waals surface area contributed by atoms with Crippen molar-refractivity contribution in [3.63, 3.8) is 0 Å². The lowest BCUT2D eigenvalue weighted by molar-refractivity contribution is 0.0893. The van der Waals surface area contributed by atoms with Gasteiger partial charge in [-0.15, -0.1) is 0 Å². The van der Waals surface area contributed by atoms with Crippen LogP contribution in [0.2, 0.25) is 0 Å². The summed E-state index contributed by atoms with van der Waals surface area (Å²) >= 11 is 0. The number of amides is 1. The van der Waals surface area contributed by atoms with E-state index in [4.69, 9.17) is 10.5 Å². The first-order valence-corrected chi connectivity index (χ1v) is 6.99. The maximum Gasteiger partial charge on any atom is 0.251 e. The molecule has 0 aliphatic rings. The number of hydrogen-bond acceptors (Lipinski definition) is 3. The predicted octanol–water partition coefficient (Wildman–Crippen LogP) is 2.08. The zero-order valence-electron chi connectivity index (χ0n) is 12.9. The van der Waals surface area contributed by atoms with Crippen LogP contribution in [0, 0.1) is 0 Å². The molecule has 0 saturated heterocycles. The zero-order valence-corrected chi connectivity index (χ0v) is 12.9. The summed E-state index contributed by atoms with van der Waals surface area (Å²) in [5.41, 5.74) is 7.50. The molecular formula is C16H26N2O2. The number of methoxy groups -OCH3 is 1.